The van der Waals surface area contributed by atoms with Gasteiger partial charge in [-0.3, -0.25) is 0 Å². The molecule has 2 fully saturated rings. The molecule has 1 unspecified atom stereocenters. The molecule has 1 atom stereocenters. The Morgan fingerprint density at radius 2 is 1.71 bits per heavy atom. The molecule has 1 saturated carbocycles. The van der Waals surface area contributed by atoms with Crippen molar-refractivity contribution in [2.24, 2.45) is 11.1 Å². The lowest BCUT2D eigenvalue weighted by Gasteiger charge is -2.46. The first-order valence-corrected chi connectivity index (χ1v) is 7.70. The third kappa shape index (κ3) is 3.45. The van der Waals surface area contributed by atoms with E-state index in [4.69, 9.17) is 5.73 Å². The van der Waals surface area contributed by atoms with Gasteiger partial charge in [-0.25, -0.2) is 0 Å². The lowest BCUT2D eigenvalue weighted by atomic mass is 9.68. The minimum atomic E-state index is 0.750. The molecule has 0 aromatic heterocycles. The van der Waals surface area contributed by atoms with Gasteiger partial charge in [-0.15, -0.1) is 0 Å². The molecular weight excluding hydrogens is 208 g/mol. The minimum Gasteiger partial charge on any atom is -0.330 e. The maximum atomic E-state index is 5.60. The molecule has 1 saturated heterocycles. The molecule has 2 aliphatic rings. The molecule has 1 heterocycles. The Morgan fingerprint density at radius 3 is 2.29 bits per heavy atom. The molecule has 2 heteroatoms. The van der Waals surface area contributed by atoms with Crippen molar-refractivity contribution in [3.8, 4) is 0 Å². The summed E-state index contributed by atoms with van der Waals surface area (Å²) in [5, 5.41) is 0. The van der Waals surface area contributed by atoms with E-state index in [1.54, 1.807) is 0 Å². The van der Waals surface area contributed by atoms with E-state index >= 15 is 0 Å². The summed E-state index contributed by atoms with van der Waals surface area (Å²) in [5.74, 6) is 0. The second-order valence-corrected chi connectivity index (χ2v) is 6.38. The highest BCUT2D eigenvalue weighted by atomic mass is 15.2. The van der Waals surface area contributed by atoms with E-state index in [0.717, 1.165) is 18.0 Å². The predicted molar refractivity (Wildman–Crippen MR) is 74.1 cm³/mol. The van der Waals surface area contributed by atoms with Gasteiger partial charge in [0.15, 0.2) is 0 Å². The lowest BCUT2D eigenvalue weighted by molar-refractivity contribution is 0.0468. The maximum Gasteiger partial charge on any atom is 0.00674 e. The highest BCUT2D eigenvalue weighted by molar-refractivity contribution is 4.89. The van der Waals surface area contributed by atoms with E-state index in [0.29, 0.717) is 0 Å². The molecule has 0 aromatic rings. The van der Waals surface area contributed by atoms with Crippen LogP contribution in [0.2, 0.25) is 0 Å². The molecule has 1 spiro atoms. The molecule has 0 aromatic carbocycles. The molecular formula is C15H30N2. The van der Waals surface area contributed by atoms with Gasteiger partial charge in [-0.1, -0.05) is 19.3 Å². The zero-order chi connectivity index (χ0) is 12.1. The zero-order valence-electron chi connectivity index (χ0n) is 11.6. The Labute approximate surface area is 107 Å². The van der Waals surface area contributed by atoms with Crippen molar-refractivity contribution in [1.29, 1.82) is 0 Å². The first-order chi connectivity index (χ1) is 8.26. The van der Waals surface area contributed by atoms with E-state index in [1.807, 2.05) is 0 Å². The Kier molecular flexibility index (Phi) is 4.87. The molecule has 1 aliphatic heterocycles. The van der Waals surface area contributed by atoms with E-state index in [-0.39, 0.29) is 0 Å². The highest BCUT2D eigenvalue weighted by Crippen LogP contribution is 2.44. The van der Waals surface area contributed by atoms with Crippen LogP contribution in [0.1, 0.15) is 64.7 Å². The fraction of sp³-hybridized carbons (Fsp3) is 1.00. The second kappa shape index (κ2) is 6.19. The summed E-state index contributed by atoms with van der Waals surface area (Å²) in [4.78, 5) is 2.70. The maximum absolute atomic E-state index is 5.60. The monoisotopic (exact) mass is 238 g/mol. The summed E-state index contributed by atoms with van der Waals surface area (Å²) in [6.07, 6.45) is 12.9. The van der Waals surface area contributed by atoms with Crippen LogP contribution in [0.15, 0.2) is 0 Å². The molecule has 2 rings (SSSR count). The van der Waals surface area contributed by atoms with Gasteiger partial charge in [0, 0.05) is 6.04 Å². The predicted octanol–water partition coefficient (Wildman–Crippen LogP) is 3.16. The van der Waals surface area contributed by atoms with Crippen LogP contribution < -0.4 is 5.73 Å². The number of rotatable bonds is 4. The van der Waals surface area contributed by atoms with Gasteiger partial charge in [0.1, 0.15) is 0 Å². The van der Waals surface area contributed by atoms with Crippen molar-refractivity contribution in [1.82, 2.24) is 4.90 Å². The molecule has 0 amide bonds. The smallest absolute Gasteiger partial charge is 0.00674 e. The van der Waals surface area contributed by atoms with Crippen molar-refractivity contribution >= 4 is 0 Å². The Bertz CT molecular complexity index is 211. The Morgan fingerprint density at radius 1 is 1.06 bits per heavy atom. The van der Waals surface area contributed by atoms with Crippen molar-refractivity contribution in [3.05, 3.63) is 0 Å². The van der Waals surface area contributed by atoms with E-state index < -0.39 is 0 Å². The van der Waals surface area contributed by atoms with Gasteiger partial charge in [0.05, 0.1) is 0 Å². The van der Waals surface area contributed by atoms with Crippen LogP contribution in [0.4, 0.5) is 0 Å². The van der Waals surface area contributed by atoms with Gasteiger partial charge in [0.25, 0.3) is 0 Å². The molecule has 2 nitrogen and oxygen atoms in total. The average Bonchev–Trinajstić information content (AvgIpc) is 2.38. The summed E-state index contributed by atoms with van der Waals surface area (Å²) in [6, 6.07) is 0.750. The summed E-state index contributed by atoms with van der Waals surface area (Å²) in [6.45, 7) is 5.91. The number of piperidine rings is 1. The Hall–Kier alpha value is -0.0800. The molecule has 100 valence electrons. The van der Waals surface area contributed by atoms with Gasteiger partial charge < -0.3 is 10.6 Å². The lowest BCUT2D eigenvalue weighted by Crippen LogP contribution is -2.45. The standard InChI is InChI=1S/C15H30N2/c1-14(6-5-11-16)17-12-9-15(10-13-17)7-3-2-4-8-15/h14H,2-13,16H2,1H3. The van der Waals surface area contributed by atoms with Crippen LogP contribution in [0.5, 0.6) is 0 Å². The van der Waals surface area contributed by atoms with Crippen LogP contribution in [0.3, 0.4) is 0 Å². The largest absolute Gasteiger partial charge is 0.330 e. The van der Waals surface area contributed by atoms with Gasteiger partial charge in [-0.05, 0) is 70.5 Å². The number of likely N-dealkylation sites (tertiary alicyclic amines) is 1. The van der Waals surface area contributed by atoms with Crippen molar-refractivity contribution in [2.75, 3.05) is 19.6 Å². The SMILES string of the molecule is CC(CCCN)N1CCC2(CCCCC2)CC1. The highest BCUT2D eigenvalue weighted by Gasteiger charge is 2.36. The van der Waals surface area contributed by atoms with Gasteiger partial charge in [0.2, 0.25) is 0 Å². The fourth-order valence-electron chi connectivity index (χ4n) is 3.84. The zero-order valence-corrected chi connectivity index (χ0v) is 11.6. The molecule has 1 aliphatic carbocycles. The quantitative estimate of drug-likeness (QED) is 0.815. The van der Waals surface area contributed by atoms with Crippen molar-refractivity contribution in [2.45, 2.75) is 70.8 Å². The van der Waals surface area contributed by atoms with Crippen LogP contribution in [-0.4, -0.2) is 30.6 Å². The number of hydrogen-bond acceptors (Lipinski definition) is 2. The normalized spacial score (nSPS) is 27.2. The van der Waals surface area contributed by atoms with Crippen LogP contribution in [0.25, 0.3) is 0 Å². The Balaban J connectivity index is 1.76. The summed E-state index contributed by atoms with van der Waals surface area (Å²) in [7, 11) is 0. The molecule has 0 radical (unpaired) electrons. The average molecular weight is 238 g/mol. The topological polar surface area (TPSA) is 29.3 Å². The third-order valence-corrected chi connectivity index (χ3v) is 5.22. The van der Waals surface area contributed by atoms with Gasteiger partial charge >= 0.3 is 0 Å². The molecule has 2 N–H and O–H groups in total. The van der Waals surface area contributed by atoms with E-state index in [1.165, 1.54) is 70.9 Å². The number of hydrogen-bond donors (Lipinski definition) is 1. The van der Waals surface area contributed by atoms with Crippen LogP contribution >= 0.6 is 0 Å². The second-order valence-electron chi connectivity index (χ2n) is 6.38. The summed E-state index contributed by atoms with van der Waals surface area (Å²) < 4.78 is 0. The third-order valence-electron chi connectivity index (χ3n) is 5.22. The van der Waals surface area contributed by atoms with Crippen molar-refractivity contribution < 1.29 is 0 Å². The minimum absolute atomic E-state index is 0.750. The fourth-order valence-corrected chi connectivity index (χ4v) is 3.84. The summed E-state index contributed by atoms with van der Waals surface area (Å²) >= 11 is 0. The summed E-state index contributed by atoms with van der Waals surface area (Å²) in [5.41, 5.74) is 6.35. The van der Waals surface area contributed by atoms with E-state index in [2.05, 4.69) is 11.8 Å². The van der Waals surface area contributed by atoms with Gasteiger partial charge in [-0.2, -0.15) is 0 Å². The number of nitrogens with zero attached hydrogens (tertiary/aromatic N) is 1. The first kappa shape index (κ1) is 13.4. The van der Waals surface area contributed by atoms with Crippen molar-refractivity contribution in [3.63, 3.8) is 0 Å². The van der Waals surface area contributed by atoms with Crippen LogP contribution in [-0.2, 0) is 0 Å². The molecule has 17 heavy (non-hydrogen) atoms. The van der Waals surface area contributed by atoms with Crippen LogP contribution in [0, 0.1) is 5.41 Å². The van der Waals surface area contributed by atoms with E-state index in [9.17, 15) is 0 Å². The molecule has 0 bridgehead atoms. The number of nitrogens with two attached hydrogens (primary N) is 1. The first-order valence-electron chi connectivity index (χ1n) is 7.70.